The Labute approximate surface area is 122 Å². The maximum atomic E-state index is 6.00. The van der Waals surface area contributed by atoms with Crippen LogP contribution in [0.15, 0.2) is 35.3 Å². The first kappa shape index (κ1) is 14.9. The highest BCUT2D eigenvalue weighted by atomic mass is 15.1. The molecule has 1 saturated carbocycles. The van der Waals surface area contributed by atoms with Gasteiger partial charge in [-0.25, -0.2) is 0 Å². The summed E-state index contributed by atoms with van der Waals surface area (Å²) in [6.45, 7) is 1.91. The largest absolute Gasteiger partial charge is 0.370 e. The second-order valence-corrected chi connectivity index (χ2v) is 6.14. The summed E-state index contributed by atoms with van der Waals surface area (Å²) in [6, 6.07) is 9.95. The van der Waals surface area contributed by atoms with Crippen LogP contribution in [0, 0.1) is 5.41 Å². The molecular formula is C16H26N4. The molecule has 0 radical (unpaired) electrons. The number of hydrogen-bond acceptors (Lipinski definition) is 2. The van der Waals surface area contributed by atoms with Gasteiger partial charge >= 0.3 is 0 Å². The lowest BCUT2D eigenvalue weighted by atomic mass is 9.86. The first-order valence-electron chi connectivity index (χ1n) is 7.36. The van der Waals surface area contributed by atoms with Crippen LogP contribution in [0.3, 0.4) is 0 Å². The lowest BCUT2D eigenvalue weighted by Crippen LogP contribution is -2.35. The number of guanidine groups is 1. The zero-order valence-electron chi connectivity index (χ0n) is 12.6. The third-order valence-electron chi connectivity index (χ3n) is 3.95. The smallest absolute Gasteiger partial charge is 0.193 e. The van der Waals surface area contributed by atoms with Crippen molar-refractivity contribution in [1.82, 2.24) is 4.90 Å². The molecule has 1 aliphatic carbocycles. The molecule has 1 aromatic carbocycles. The fourth-order valence-corrected chi connectivity index (χ4v) is 3.12. The van der Waals surface area contributed by atoms with Crippen molar-refractivity contribution >= 4 is 11.6 Å². The minimum Gasteiger partial charge on any atom is -0.370 e. The number of nitrogens with two attached hydrogens (primary N) is 1. The number of nitrogens with zero attached hydrogens (tertiary/aromatic N) is 2. The molecule has 20 heavy (non-hydrogen) atoms. The molecule has 0 saturated heterocycles. The van der Waals surface area contributed by atoms with Crippen LogP contribution in [0.4, 0.5) is 5.69 Å². The van der Waals surface area contributed by atoms with Crippen molar-refractivity contribution in [3.8, 4) is 0 Å². The van der Waals surface area contributed by atoms with Crippen molar-refractivity contribution < 1.29 is 0 Å². The van der Waals surface area contributed by atoms with E-state index >= 15 is 0 Å². The molecule has 1 fully saturated rings. The van der Waals surface area contributed by atoms with Gasteiger partial charge in [0.1, 0.15) is 0 Å². The standard InChI is InChI=1S/C16H26N4/c1-20(2)13-16(10-6-7-11-16)12-18-15(17)19-14-8-4-3-5-9-14/h3-5,8-9H,6-7,10-13H2,1-2H3,(H3,17,18,19). The number of anilines is 1. The molecular weight excluding hydrogens is 248 g/mol. The van der Waals surface area contributed by atoms with Crippen molar-refractivity contribution in [2.45, 2.75) is 25.7 Å². The average Bonchev–Trinajstić information content (AvgIpc) is 2.86. The topological polar surface area (TPSA) is 53.6 Å². The monoisotopic (exact) mass is 274 g/mol. The highest BCUT2D eigenvalue weighted by Gasteiger charge is 2.34. The van der Waals surface area contributed by atoms with E-state index in [1.54, 1.807) is 0 Å². The molecule has 4 heteroatoms. The van der Waals surface area contributed by atoms with E-state index in [2.05, 4.69) is 29.3 Å². The van der Waals surface area contributed by atoms with Crippen molar-refractivity contribution in [2.24, 2.45) is 16.1 Å². The van der Waals surface area contributed by atoms with Crippen molar-refractivity contribution in [3.05, 3.63) is 30.3 Å². The Bertz CT molecular complexity index is 433. The summed E-state index contributed by atoms with van der Waals surface area (Å²) in [5.41, 5.74) is 7.30. The average molecular weight is 274 g/mol. The fraction of sp³-hybridized carbons (Fsp3) is 0.562. The van der Waals surface area contributed by atoms with Gasteiger partial charge in [-0.1, -0.05) is 31.0 Å². The van der Waals surface area contributed by atoms with Crippen LogP contribution in [0.2, 0.25) is 0 Å². The molecule has 0 amide bonds. The second kappa shape index (κ2) is 6.75. The van der Waals surface area contributed by atoms with Crippen LogP contribution in [0.25, 0.3) is 0 Å². The Morgan fingerprint density at radius 3 is 2.50 bits per heavy atom. The summed E-state index contributed by atoms with van der Waals surface area (Å²) in [5, 5.41) is 3.15. The first-order chi connectivity index (χ1) is 9.60. The molecule has 0 bridgehead atoms. The van der Waals surface area contributed by atoms with Gasteiger partial charge in [-0.3, -0.25) is 4.99 Å². The molecule has 2 rings (SSSR count). The summed E-state index contributed by atoms with van der Waals surface area (Å²) in [6.07, 6.45) is 5.14. The van der Waals surface area contributed by atoms with Gasteiger partial charge in [0.25, 0.3) is 0 Å². The summed E-state index contributed by atoms with van der Waals surface area (Å²) in [4.78, 5) is 6.85. The molecule has 0 atom stereocenters. The van der Waals surface area contributed by atoms with E-state index in [-0.39, 0.29) is 0 Å². The van der Waals surface area contributed by atoms with Gasteiger partial charge in [0.05, 0.1) is 0 Å². The molecule has 4 nitrogen and oxygen atoms in total. The Hall–Kier alpha value is -1.55. The fourth-order valence-electron chi connectivity index (χ4n) is 3.12. The molecule has 110 valence electrons. The van der Waals surface area contributed by atoms with Gasteiger partial charge in [0.2, 0.25) is 0 Å². The van der Waals surface area contributed by atoms with E-state index in [1.807, 2.05) is 30.3 Å². The van der Waals surface area contributed by atoms with Crippen LogP contribution < -0.4 is 11.1 Å². The lowest BCUT2D eigenvalue weighted by molar-refractivity contribution is 0.210. The van der Waals surface area contributed by atoms with E-state index in [1.165, 1.54) is 25.7 Å². The van der Waals surface area contributed by atoms with Gasteiger partial charge in [-0.2, -0.15) is 0 Å². The Kier molecular flexibility index (Phi) is 5.01. The third kappa shape index (κ3) is 4.23. The highest BCUT2D eigenvalue weighted by Crippen LogP contribution is 2.38. The van der Waals surface area contributed by atoms with Gasteiger partial charge in [-0.15, -0.1) is 0 Å². The number of benzene rings is 1. The normalized spacial score (nSPS) is 18.4. The van der Waals surface area contributed by atoms with Crippen LogP contribution in [-0.2, 0) is 0 Å². The molecule has 0 heterocycles. The van der Waals surface area contributed by atoms with E-state index < -0.39 is 0 Å². The second-order valence-electron chi connectivity index (χ2n) is 6.14. The maximum absolute atomic E-state index is 6.00. The van der Waals surface area contributed by atoms with E-state index in [0.717, 1.165) is 18.8 Å². The zero-order valence-corrected chi connectivity index (χ0v) is 12.6. The van der Waals surface area contributed by atoms with Crippen LogP contribution in [-0.4, -0.2) is 38.0 Å². The van der Waals surface area contributed by atoms with Crippen molar-refractivity contribution in [2.75, 3.05) is 32.5 Å². The number of hydrogen-bond donors (Lipinski definition) is 2. The van der Waals surface area contributed by atoms with Crippen molar-refractivity contribution in [3.63, 3.8) is 0 Å². The van der Waals surface area contributed by atoms with E-state index in [0.29, 0.717) is 11.4 Å². The quantitative estimate of drug-likeness (QED) is 0.641. The third-order valence-corrected chi connectivity index (χ3v) is 3.95. The van der Waals surface area contributed by atoms with Crippen LogP contribution in [0.5, 0.6) is 0 Å². The lowest BCUT2D eigenvalue weighted by Gasteiger charge is -2.30. The molecule has 1 aromatic rings. The first-order valence-corrected chi connectivity index (χ1v) is 7.36. The van der Waals surface area contributed by atoms with E-state index in [4.69, 9.17) is 5.73 Å². The molecule has 1 aliphatic rings. The number of para-hydroxylation sites is 1. The minimum absolute atomic E-state index is 0.312. The molecule has 0 aromatic heterocycles. The van der Waals surface area contributed by atoms with Gasteiger partial charge < -0.3 is 16.0 Å². The van der Waals surface area contributed by atoms with Crippen LogP contribution in [0.1, 0.15) is 25.7 Å². The Balaban J connectivity index is 1.95. The molecule has 3 N–H and O–H groups in total. The summed E-state index contributed by atoms with van der Waals surface area (Å²) in [5.74, 6) is 0.515. The van der Waals surface area contributed by atoms with Gasteiger partial charge in [-0.05, 0) is 39.1 Å². The van der Waals surface area contributed by atoms with Crippen molar-refractivity contribution in [1.29, 1.82) is 0 Å². The predicted molar refractivity (Wildman–Crippen MR) is 86.0 cm³/mol. The summed E-state index contributed by atoms with van der Waals surface area (Å²) in [7, 11) is 4.27. The Morgan fingerprint density at radius 2 is 1.90 bits per heavy atom. The molecule has 0 unspecified atom stereocenters. The van der Waals surface area contributed by atoms with E-state index in [9.17, 15) is 0 Å². The van der Waals surface area contributed by atoms with Crippen LogP contribution >= 0.6 is 0 Å². The zero-order chi connectivity index (χ0) is 14.4. The molecule has 0 aliphatic heterocycles. The number of aliphatic imine (C=N–C) groups is 1. The van der Waals surface area contributed by atoms with Gasteiger partial charge in [0, 0.05) is 24.2 Å². The molecule has 0 spiro atoms. The summed E-state index contributed by atoms with van der Waals surface area (Å²) < 4.78 is 0. The SMILES string of the molecule is CN(C)CC1(CN=C(N)Nc2ccccc2)CCCC1. The summed E-state index contributed by atoms with van der Waals surface area (Å²) >= 11 is 0. The Morgan fingerprint density at radius 1 is 1.25 bits per heavy atom. The minimum atomic E-state index is 0.312. The predicted octanol–water partition coefficient (Wildman–Crippen LogP) is 2.54. The highest BCUT2D eigenvalue weighted by molar-refractivity contribution is 5.92. The number of rotatable bonds is 5. The van der Waals surface area contributed by atoms with Gasteiger partial charge in [0.15, 0.2) is 5.96 Å². The number of nitrogens with one attached hydrogen (secondary N) is 1. The maximum Gasteiger partial charge on any atom is 0.193 e.